The van der Waals surface area contributed by atoms with E-state index in [0.717, 1.165) is 28.4 Å². The lowest BCUT2D eigenvalue weighted by atomic mass is 10.2. The Bertz CT molecular complexity index is 895. The fraction of sp³-hybridized carbons (Fsp3) is 0. The van der Waals surface area contributed by atoms with Crippen molar-refractivity contribution in [3.8, 4) is 22.7 Å². The standard InChI is InChI=1S/C16H10ClN3O/c17-12-5-3-11(4-6-12)14-8-19-16-9-18-13(10-20(14)16)15-2-1-7-21-15/h1-10H. The van der Waals surface area contributed by atoms with Gasteiger partial charge in [0.25, 0.3) is 0 Å². The molecule has 3 aromatic heterocycles. The SMILES string of the molecule is Clc1ccc(-c2cnc3cnc(-c4ccco4)cn23)cc1. The van der Waals surface area contributed by atoms with Crippen LogP contribution in [0.15, 0.2) is 65.7 Å². The first-order chi connectivity index (χ1) is 10.3. The first kappa shape index (κ1) is 12.2. The number of rotatable bonds is 2. The van der Waals surface area contributed by atoms with Crippen LogP contribution < -0.4 is 0 Å². The monoisotopic (exact) mass is 295 g/mol. The molecule has 0 unspecified atom stereocenters. The molecule has 102 valence electrons. The Morgan fingerprint density at radius 1 is 1.00 bits per heavy atom. The van der Waals surface area contributed by atoms with Gasteiger partial charge in [0.1, 0.15) is 5.69 Å². The van der Waals surface area contributed by atoms with Crippen LogP contribution in [0.5, 0.6) is 0 Å². The number of hydrogen-bond donors (Lipinski definition) is 0. The van der Waals surface area contributed by atoms with E-state index < -0.39 is 0 Å². The van der Waals surface area contributed by atoms with Crippen LogP contribution in [0.1, 0.15) is 0 Å². The lowest BCUT2D eigenvalue weighted by Crippen LogP contribution is -1.92. The van der Waals surface area contributed by atoms with E-state index >= 15 is 0 Å². The molecular weight excluding hydrogens is 286 g/mol. The fourth-order valence-corrected chi connectivity index (χ4v) is 2.40. The molecule has 0 fully saturated rings. The lowest BCUT2D eigenvalue weighted by molar-refractivity contribution is 0.579. The molecule has 0 saturated heterocycles. The molecule has 4 nitrogen and oxygen atoms in total. The van der Waals surface area contributed by atoms with Gasteiger partial charge >= 0.3 is 0 Å². The summed E-state index contributed by atoms with van der Waals surface area (Å²) in [6.45, 7) is 0. The molecule has 0 aliphatic heterocycles. The molecule has 0 N–H and O–H groups in total. The second kappa shape index (κ2) is 4.75. The Balaban J connectivity index is 1.90. The van der Waals surface area contributed by atoms with E-state index in [-0.39, 0.29) is 0 Å². The molecule has 0 aliphatic rings. The number of furan rings is 1. The van der Waals surface area contributed by atoms with E-state index in [1.165, 1.54) is 0 Å². The second-order valence-corrected chi connectivity index (χ2v) is 5.06. The van der Waals surface area contributed by atoms with Crippen LogP contribution in [0.4, 0.5) is 0 Å². The molecule has 0 amide bonds. The van der Waals surface area contributed by atoms with Gasteiger partial charge < -0.3 is 4.42 Å². The number of aromatic nitrogens is 3. The maximum absolute atomic E-state index is 5.94. The Morgan fingerprint density at radius 3 is 2.62 bits per heavy atom. The summed E-state index contributed by atoms with van der Waals surface area (Å²) in [4.78, 5) is 8.75. The predicted molar refractivity (Wildman–Crippen MR) is 81.1 cm³/mol. The van der Waals surface area contributed by atoms with Crippen molar-refractivity contribution in [1.29, 1.82) is 0 Å². The van der Waals surface area contributed by atoms with Gasteiger partial charge in [-0.15, -0.1) is 0 Å². The van der Waals surface area contributed by atoms with Crippen molar-refractivity contribution < 1.29 is 4.42 Å². The molecule has 1 aromatic carbocycles. The van der Waals surface area contributed by atoms with E-state index in [1.807, 2.05) is 53.2 Å². The van der Waals surface area contributed by atoms with Crippen molar-refractivity contribution in [2.75, 3.05) is 0 Å². The van der Waals surface area contributed by atoms with Crippen LogP contribution >= 0.6 is 11.6 Å². The van der Waals surface area contributed by atoms with Gasteiger partial charge in [-0.05, 0) is 24.3 Å². The zero-order valence-corrected chi connectivity index (χ0v) is 11.7. The fourth-order valence-electron chi connectivity index (χ4n) is 2.28. The second-order valence-electron chi connectivity index (χ2n) is 4.63. The minimum Gasteiger partial charge on any atom is -0.463 e. The number of benzene rings is 1. The van der Waals surface area contributed by atoms with E-state index in [0.29, 0.717) is 5.02 Å². The van der Waals surface area contributed by atoms with Gasteiger partial charge in [0.05, 0.1) is 24.4 Å². The topological polar surface area (TPSA) is 43.3 Å². The molecular formula is C16H10ClN3O. The van der Waals surface area contributed by atoms with Gasteiger partial charge in [0.15, 0.2) is 11.4 Å². The van der Waals surface area contributed by atoms with Gasteiger partial charge in [0, 0.05) is 16.8 Å². The minimum absolute atomic E-state index is 0.713. The average Bonchev–Trinajstić information content (AvgIpc) is 3.17. The molecule has 4 aromatic rings. The van der Waals surface area contributed by atoms with Gasteiger partial charge in [0.2, 0.25) is 0 Å². The Labute approximate surface area is 125 Å². The van der Waals surface area contributed by atoms with Crippen LogP contribution in [0.25, 0.3) is 28.4 Å². The van der Waals surface area contributed by atoms with Gasteiger partial charge in [-0.3, -0.25) is 4.40 Å². The summed E-state index contributed by atoms with van der Waals surface area (Å²) in [5.74, 6) is 0.729. The van der Waals surface area contributed by atoms with Gasteiger partial charge in [-0.1, -0.05) is 23.7 Å². The smallest absolute Gasteiger partial charge is 0.155 e. The molecule has 3 heterocycles. The summed E-state index contributed by atoms with van der Waals surface area (Å²) in [6, 6.07) is 11.4. The summed E-state index contributed by atoms with van der Waals surface area (Å²) in [7, 11) is 0. The molecule has 0 aliphatic carbocycles. The maximum Gasteiger partial charge on any atom is 0.155 e. The Kier molecular flexibility index (Phi) is 2.75. The number of fused-ring (bicyclic) bond motifs is 1. The molecule has 4 rings (SSSR count). The van der Waals surface area contributed by atoms with E-state index in [9.17, 15) is 0 Å². The summed E-state index contributed by atoms with van der Waals surface area (Å²) in [6.07, 6.45) is 7.11. The first-order valence-corrected chi connectivity index (χ1v) is 6.82. The van der Waals surface area contributed by atoms with Crippen molar-refractivity contribution in [2.45, 2.75) is 0 Å². The predicted octanol–water partition coefficient (Wildman–Crippen LogP) is 4.31. The highest BCUT2D eigenvalue weighted by molar-refractivity contribution is 6.30. The summed E-state index contributed by atoms with van der Waals surface area (Å²) in [5.41, 5.74) is 3.58. The molecule has 0 saturated carbocycles. The molecule has 0 radical (unpaired) electrons. The first-order valence-electron chi connectivity index (χ1n) is 6.44. The Hall–Kier alpha value is -2.59. The highest BCUT2D eigenvalue weighted by Gasteiger charge is 2.09. The zero-order chi connectivity index (χ0) is 14.2. The molecule has 5 heteroatoms. The van der Waals surface area contributed by atoms with E-state index in [4.69, 9.17) is 16.0 Å². The zero-order valence-electron chi connectivity index (χ0n) is 10.9. The van der Waals surface area contributed by atoms with Crippen LogP contribution in [0, 0.1) is 0 Å². The minimum atomic E-state index is 0.713. The number of hydrogen-bond acceptors (Lipinski definition) is 3. The number of halogens is 1. The third-order valence-electron chi connectivity index (χ3n) is 3.31. The maximum atomic E-state index is 5.94. The highest BCUT2D eigenvalue weighted by atomic mass is 35.5. The van der Waals surface area contributed by atoms with Crippen molar-refractivity contribution in [1.82, 2.24) is 14.4 Å². The normalized spacial score (nSPS) is 11.1. The van der Waals surface area contributed by atoms with Crippen LogP contribution in [-0.4, -0.2) is 14.4 Å². The third kappa shape index (κ3) is 2.10. The highest BCUT2D eigenvalue weighted by Crippen LogP contribution is 2.24. The molecule has 0 bridgehead atoms. The van der Waals surface area contributed by atoms with Crippen molar-refractivity contribution in [3.63, 3.8) is 0 Å². The molecule has 0 spiro atoms. The van der Waals surface area contributed by atoms with Crippen molar-refractivity contribution in [3.05, 3.63) is 66.3 Å². The van der Waals surface area contributed by atoms with Crippen LogP contribution in [0.2, 0.25) is 5.02 Å². The quantitative estimate of drug-likeness (QED) is 0.553. The summed E-state index contributed by atoms with van der Waals surface area (Å²) in [5, 5.41) is 0.713. The largest absolute Gasteiger partial charge is 0.463 e. The summed E-state index contributed by atoms with van der Waals surface area (Å²) < 4.78 is 7.39. The van der Waals surface area contributed by atoms with Gasteiger partial charge in [-0.25, -0.2) is 9.97 Å². The van der Waals surface area contributed by atoms with Crippen LogP contribution in [-0.2, 0) is 0 Å². The van der Waals surface area contributed by atoms with Gasteiger partial charge in [-0.2, -0.15) is 0 Å². The van der Waals surface area contributed by atoms with Crippen LogP contribution in [0.3, 0.4) is 0 Å². The van der Waals surface area contributed by atoms with E-state index in [2.05, 4.69) is 9.97 Å². The van der Waals surface area contributed by atoms with E-state index in [1.54, 1.807) is 12.5 Å². The van der Waals surface area contributed by atoms with Crippen molar-refractivity contribution in [2.24, 2.45) is 0 Å². The van der Waals surface area contributed by atoms with Crippen molar-refractivity contribution >= 4 is 17.2 Å². The summed E-state index contributed by atoms with van der Waals surface area (Å²) >= 11 is 5.94. The number of nitrogens with zero attached hydrogens (tertiary/aromatic N) is 3. The molecule has 21 heavy (non-hydrogen) atoms. The molecule has 0 atom stereocenters. The Morgan fingerprint density at radius 2 is 1.86 bits per heavy atom. The third-order valence-corrected chi connectivity index (χ3v) is 3.56. The number of imidazole rings is 1. The average molecular weight is 296 g/mol. The lowest BCUT2D eigenvalue weighted by Gasteiger charge is -2.03.